The van der Waals surface area contributed by atoms with Gasteiger partial charge in [0, 0.05) is 52.4 Å². The van der Waals surface area contributed by atoms with Crippen LogP contribution in [-0.4, -0.2) is 54.9 Å². The van der Waals surface area contributed by atoms with Gasteiger partial charge in [-0.2, -0.15) is 0 Å². The van der Waals surface area contributed by atoms with Crippen LogP contribution in [0.4, 0.5) is 0 Å². The van der Waals surface area contributed by atoms with E-state index in [1.165, 1.54) is 11.3 Å². The molecule has 1 fully saturated rings. The number of sulfonamides is 1. The third kappa shape index (κ3) is 4.29. The molecule has 1 aliphatic carbocycles. The van der Waals surface area contributed by atoms with Crippen molar-refractivity contribution < 1.29 is 13.2 Å². The first kappa shape index (κ1) is 21.8. The van der Waals surface area contributed by atoms with Gasteiger partial charge in [0.15, 0.2) is 5.01 Å². The summed E-state index contributed by atoms with van der Waals surface area (Å²) in [4.78, 5) is 23.7. The van der Waals surface area contributed by atoms with Gasteiger partial charge in [-0.05, 0) is 50.6 Å². The van der Waals surface area contributed by atoms with Crippen LogP contribution in [0.5, 0.6) is 0 Å². The summed E-state index contributed by atoms with van der Waals surface area (Å²) in [6.45, 7) is 1.74. The third-order valence-corrected chi connectivity index (χ3v) is 8.83. The largest absolute Gasteiger partial charge is 0.346 e. The van der Waals surface area contributed by atoms with E-state index in [1.54, 1.807) is 24.3 Å². The molecule has 1 aliphatic heterocycles. The summed E-state index contributed by atoms with van der Waals surface area (Å²) < 4.78 is 28.8. The van der Waals surface area contributed by atoms with Gasteiger partial charge in [-0.3, -0.25) is 4.79 Å². The number of hydrogen-bond acceptors (Lipinski definition) is 6. The number of amides is 1. The van der Waals surface area contributed by atoms with E-state index in [9.17, 15) is 13.2 Å². The molecule has 0 bridgehead atoms. The Kier molecular flexibility index (Phi) is 5.75. The second kappa shape index (κ2) is 8.42. The van der Waals surface area contributed by atoms with Crippen molar-refractivity contribution in [2.24, 2.45) is 0 Å². The van der Waals surface area contributed by atoms with Gasteiger partial charge in [-0.15, -0.1) is 11.3 Å². The SMILES string of the molecule is CN1CCc2nc(C(=O)N[C@@H]3CCC[C@@H]3NS(=O)(=O)c3cc4cc(Cl)ccc4[nH]3)sc2C1. The Labute approximate surface area is 195 Å². The highest BCUT2D eigenvalue weighted by Gasteiger charge is 2.34. The first-order valence-corrected chi connectivity index (χ1v) is 13.2. The number of aromatic nitrogens is 2. The van der Waals surface area contributed by atoms with E-state index < -0.39 is 10.0 Å². The number of carbonyl (C=O) groups excluding carboxylic acids is 1. The molecule has 0 spiro atoms. The fourth-order valence-corrected chi connectivity index (χ4v) is 7.01. The maximum absolute atomic E-state index is 13.0. The average molecular weight is 494 g/mol. The lowest BCUT2D eigenvalue weighted by atomic mass is 10.2. The lowest BCUT2D eigenvalue weighted by Gasteiger charge is -2.21. The molecule has 32 heavy (non-hydrogen) atoms. The Morgan fingerprint density at radius 2 is 2.09 bits per heavy atom. The predicted octanol–water partition coefficient (Wildman–Crippen LogP) is 2.90. The number of benzene rings is 1. The zero-order valence-electron chi connectivity index (χ0n) is 17.5. The van der Waals surface area contributed by atoms with Crippen molar-refractivity contribution in [3.8, 4) is 0 Å². The Bertz CT molecular complexity index is 1290. The molecule has 2 atom stereocenters. The van der Waals surface area contributed by atoms with E-state index in [1.807, 2.05) is 0 Å². The van der Waals surface area contributed by atoms with E-state index >= 15 is 0 Å². The third-order valence-electron chi connectivity index (χ3n) is 6.10. The fraction of sp³-hybridized carbons (Fsp3) is 0.429. The molecule has 170 valence electrons. The van der Waals surface area contributed by atoms with Crippen LogP contribution in [0.2, 0.25) is 5.02 Å². The van der Waals surface area contributed by atoms with Gasteiger partial charge in [0.2, 0.25) is 0 Å². The number of hydrogen-bond donors (Lipinski definition) is 3. The van der Waals surface area contributed by atoms with Gasteiger partial charge in [0.05, 0.1) is 5.69 Å². The maximum Gasteiger partial charge on any atom is 0.280 e. The van der Waals surface area contributed by atoms with E-state index in [2.05, 4.69) is 32.0 Å². The number of likely N-dealkylation sites (N-methyl/N-ethyl adjacent to an activating group) is 1. The Hall–Kier alpha value is -1.98. The van der Waals surface area contributed by atoms with Crippen LogP contribution in [0.3, 0.4) is 0 Å². The lowest BCUT2D eigenvalue weighted by Crippen LogP contribution is -2.48. The molecule has 0 saturated heterocycles. The molecule has 1 saturated carbocycles. The standard InChI is InChI=1S/C21H24ClN5O3S2/c1-27-8-7-17-18(11-27)31-21(25-17)20(28)24-15-3-2-4-16(15)26-32(29,30)19-10-12-9-13(22)5-6-14(12)23-19/h5-6,9-10,15-16,23,26H,2-4,7-8,11H2,1H3,(H,24,28)/t15-,16+/m1/s1. The molecular formula is C21H24ClN5O3S2. The number of halogens is 1. The van der Waals surface area contributed by atoms with Crippen molar-refractivity contribution in [1.29, 1.82) is 0 Å². The molecule has 11 heteroatoms. The van der Waals surface area contributed by atoms with Crippen molar-refractivity contribution in [1.82, 2.24) is 24.9 Å². The molecule has 0 radical (unpaired) electrons. The number of nitrogens with one attached hydrogen (secondary N) is 3. The van der Waals surface area contributed by atoms with Crippen molar-refractivity contribution in [2.45, 2.75) is 49.3 Å². The number of H-pyrrole nitrogens is 1. The second-order valence-electron chi connectivity index (χ2n) is 8.48. The molecule has 5 rings (SSSR count). The van der Waals surface area contributed by atoms with Crippen LogP contribution in [0.25, 0.3) is 10.9 Å². The van der Waals surface area contributed by atoms with E-state index in [0.717, 1.165) is 48.3 Å². The number of rotatable bonds is 5. The van der Waals surface area contributed by atoms with Gasteiger partial charge < -0.3 is 15.2 Å². The zero-order valence-corrected chi connectivity index (χ0v) is 19.9. The van der Waals surface area contributed by atoms with E-state index in [-0.39, 0.29) is 23.0 Å². The van der Waals surface area contributed by atoms with Crippen LogP contribution in [0, 0.1) is 0 Å². The van der Waals surface area contributed by atoms with Crippen LogP contribution in [-0.2, 0) is 23.0 Å². The smallest absolute Gasteiger partial charge is 0.280 e. The fourth-order valence-electron chi connectivity index (χ4n) is 4.41. The highest BCUT2D eigenvalue weighted by Crippen LogP contribution is 2.27. The molecule has 8 nitrogen and oxygen atoms in total. The first-order chi connectivity index (χ1) is 15.3. The monoisotopic (exact) mass is 493 g/mol. The van der Waals surface area contributed by atoms with Crippen molar-refractivity contribution in [3.05, 3.63) is 44.9 Å². The lowest BCUT2D eigenvalue weighted by molar-refractivity contribution is 0.0932. The minimum Gasteiger partial charge on any atom is -0.346 e. The van der Waals surface area contributed by atoms with E-state index in [0.29, 0.717) is 22.0 Å². The molecule has 0 unspecified atom stereocenters. The summed E-state index contributed by atoms with van der Waals surface area (Å²) in [6.07, 6.45) is 3.06. The first-order valence-electron chi connectivity index (χ1n) is 10.6. The molecule has 2 aromatic heterocycles. The van der Waals surface area contributed by atoms with Gasteiger partial charge in [-0.25, -0.2) is 18.1 Å². The number of aromatic amines is 1. The quantitative estimate of drug-likeness (QED) is 0.506. The molecule has 1 aromatic carbocycles. The van der Waals surface area contributed by atoms with Crippen molar-refractivity contribution in [3.63, 3.8) is 0 Å². The highest BCUT2D eigenvalue weighted by molar-refractivity contribution is 7.89. The van der Waals surface area contributed by atoms with Gasteiger partial charge >= 0.3 is 0 Å². The van der Waals surface area contributed by atoms with Crippen LogP contribution >= 0.6 is 22.9 Å². The minimum atomic E-state index is -3.78. The van der Waals surface area contributed by atoms with Gasteiger partial charge in [0.25, 0.3) is 15.9 Å². The average Bonchev–Trinajstić information content (AvgIpc) is 3.45. The topological polar surface area (TPSA) is 107 Å². The summed E-state index contributed by atoms with van der Waals surface area (Å²) in [7, 11) is -1.72. The minimum absolute atomic E-state index is 0.0865. The number of thiazole rings is 1. The summed E-state index contributed by atoms with van der Waals surface area (Å²) >= 11 is 7.44. The van der Waals surface area contributed by atoms with Crippen LogP contribution in [0.15, 0.2) is 29.3 Å². The zero-order chi connectivity index (χ0) is 22.5. The maximum atomic E-state index is 13.0. The van der Waals surface area contributed by atoms with Gasteiger partial charge in [-0.1, -0.05) is 11.6 Å². The molecule has 3 aromatic rings. The number of fused-ring (bicyclic) bond motifs is 2. The Morgan fingerprint density at radius 3 is 2.94 bits per heavy atom. The highest BCUT2D eigenvalue weighted by atomic mass is 35.5. The van der Waals surface area contributed by atoms with Crippen molar-refractivity contribution in [2.75, 3.05) is 13.6 Å². The molecule has 3 heterocycles. The van der Waals surface area contributed by atoms with Crippen molar-refractivity contribution >= 4 is 49.8 Å². The molecule has 2 aliphatic rings. The number of nitrogens with zero attached hydrogens (tertiary/aromatic N) is 2. The Morgan fingerprint density at radius 1 is 1.28 bits per heavy atom. The predicted molar refractivity (Wildman–Crippen MR) is 125 cm³/mol. The summed E-state index contributed by atoms with van der Waals surface area (Å²) in [5.74, 6) is -0.233. The summed E-state index contributed by atoms with van der Waals surface area (Å²) in [5.41, 5.74) is 1.70. The summed E-state index contributed by atoms with van der Waals surface area (Å²) in [6, 6.07) is 6.10. The molecular weight excluding hydrogens is 470 g/mol. The van der Waals surface area contributed by atoms with Crippen LogP contribution in [0.1, 0.15) is 39.6 Å². The number of carbonyl (C=O) groups is 1. The normalized spacial score (nSPS) is 21.7. The molecule has 3 N–H and O–H groups in total. The van der Waals surface area contributed by atoms with Crippen LogP contribution < -0.4 is 10.0 Å². The van der Waals surface area contributed by atoms with E-state index in [4.69, 9.17) is 11.6 Å². The summed E-state index contributed by atoms with van der Waals surface area (Å²) in [5, 5.41) is 4.82. The molecule has 1 amide bonds. The van der Waals surface area contributed by atoms with Gasteiger partial charge in [0.1, 0.15) is 5.03 Å². The Balaban J connectivity index is 1.29. The second-order valence-corrected chi connectivity index (χ2v) is 11.7.